The van der Waals surface area contributed by atoms with Gasteiger partial charge in [-0.05, 0) is 67.5 Å². The molecule has 0 fully saturated rings. The first-order valence-corrected chi connectivity index (χ1v) is 17.0. The fourth-order valence-corrected chi connectivity index (χ4v) is 5.47. The highest BCUT2D eigenvalue weighted by Crippen LogP contribution is 2.19. The van der Waals surface area contributed by atoms with Gasteiger partial charge in [-0.2, -0.15) is 0 Å². The van der Waals surface area contributed by atoms with Crippen LogP contribution in [0.25, 0.3) is 0 Å². The van der Waals surface area contributed by atoms with Crippen molar-refractivity contribution >= 4 is 27.7 Å². The zero-order valence-electron chi connectivity index (χ0n) is 27.0. The van der Waals surface area contributed by atoms with Crippen LogP contribution >= 0.6 is 0 Å². The van der Waals surface area contributed by atoms with Gasteiger partial charge in [-0.25, -0.2) is 18.6 Å². The summed E-state index contributed by atoms with van der Waals surface area (Å²) in [5.74, 6) is -1.14. The molecular formula is C32H49N5O7S. The number of nitrogens with zero attached hydrogens (tertiary/aromatic N) is 2. The molecule has 6 N–H and O–H groups in total. The summed E-state index contributed by atoms with van der Waals surface area (Å²) in [6.45, 7) is 11.0. The van der Waals surface area contributed by atoms with E-state index in [0.717, 1.165) is 12.1 Å². The number of hydrogen-bond donors (Lipinski definition) is 5. The van der Waals surface area contributed by atoms with E-state index in [1.807, 2.05) is 34.6 Å². The van der Waals surface area contributed by atoms with Crippen LogP contribution < -0.4 is 15.9 Å². The van der Waals surface area contributed by atoms with Gasteiger partial charge in [0.15, 0.2) is 0 Å². The number of aromatic hydroxyl groups is 1. The van der Waals surface area contributed by atoms with E-state index in [2.05, 4.69) is 10.7 Å². The number of carbonyl (C=O) groups excluding carboxylic acids is 3. The Labute approximate surface area is 267 Å². The predicted octanol–water partition coefficient (Wildman–Crippen LogP) is 2.79. The molecule has 3 amide bonds. The smallest absolute Gasteiger partial charge is 0.253 e. The van der Waals surface area contributed by atoms with Crippen LogP contribution in [-0.4, -0.2) is 84.6 Å². The minimum atomic E-state index is -4.28. The number of aliphatic hydroxyl groups is 1. The number of hydrazine groups is 1. The summed E-state index contributed by atoms with van der Waals surface area (Å²) in [6.07, 6.45) is 1.35. The number of nitrogens with two attached hydrogens (primary N) is 1. The van der Waals surface area contributed by atoms with Crippen LogP contribution in [0.2, 0.25) is 0 Å². The maximum atomic E-state index is 13.7. The molecule has 0 spiro atoms. The van der Waals surface area contributed by atoms with Gasteiger partial charge in [0.2, 0.25) is 15.9 Å². The summed E-state index contributed by atoms with van der Waals surface area (Å²) in [5, 5.41) is 31.0. The lowest BCUT2D eigenvalue weighted by molar-refractivity contribution is -0.127. The molecule has 2 rings (SSSR count). The van der Waals surface area contributed by atoms with Crippen LogP contribution in [0.5, 0.6) is 5.75 Å². The summed E-state index contributed by atoms with van der Waals surface area (Å²) < 4.78 is 24.7. The Balaban J connectivity index is 2.46. The molecule has 0 radical (unpaired) electrons. The third-order valence-electron chi connectivity index (χ3n) is 6.97. The predicted molar refractivity (Wildman–Crippen MR) is 173 cm³/mol. The first-order valence-electron chi connectivity index (χ1n) is 15.5. The number of benzene rings is 2. The zero-order chi connectivity index (χ0) is 33.7. The van der Waals surface area contributed by atoms with Crippen molar-refractivity contribution in [2.75, 3.05) is 26.2 Å². The van der Waals surface area contributed by atoms with E-state index < -0.39 is 34.0 Å². The van der Waals surface area contributed by atoms with E-state index in [-0.39, 0.29) is 46.6 Å². The third kappa shape index (κ3) is 12.4. The Hall–Kier alpha value is -3.52. The van der Waals surface area contributed by atoms with Crippen molar-refractivity contribution in [3.8, 4) is 5.75 Å². The topological polar surface area (TPSA) is 182 Å². The Morgan fingerprint density at radius 2 is 1.49 bits per heavy atom. The van der Waals surface area contributed by atoms with Gasteiger partial charge in [-0.1, -0.05) is 46.8 Å². The van der Waals surface area contributed by atoms with Crippen molar-refractivity contribution in [1.29, 1.82) is 0 Å². The average Bonchev–Trinajstić information content (AvgIpc) is 2.96. The first-order chi connectivity index (χ1) is 21.2. The molecular weight excluding hydrogens is 598 g/mol. The molecule has 0 saturated carbocycles. The molecule has 0 aliphatic heterocycles. The number of rotatable bonds is 18. The van der Waals surface area contributed by atoms with Crippen molar-refractivity contribution in [2.45, 2.75) is 83.8 Å². The molecule has 12 nitrogen and oxygen atoms in total. The van der Waals surface area contributed by atoms with Crippen LogP contribution in [0.1, 0.15) is 86.6 Å². The normalized spacial score (nSPS) is 13.0. The summed E-state index contributed by atoms with van der Waals surface area (Å²) in [7, 11) is -4.28. The number of phenols is 1. The largest absolute Gasteiger partial charge is 0.508 e. The Morgan fingerprint density at radius 1 is 0.911 bits per heavy atom. The van der Waals surface area contributed by atoms with E-state index in [1.54, 1.807) is 22.0 Å². The van der Waals surface area contributed by atoms with Gasteiger partial charge in [0.25, 0.3) is 11.8 Å². The van der Waals surface area contributed by atoms with Crippen LogP contribution in [0.3, 0.4) is 0 Å². The zero-order valence-corrected chi connectivity index (χ0v) is 27.8. The molecule has 0 aliphatic carbocycles. The van der Waals surface area contributed by atoms with E-state index in [1.165, 1.54) is 18.2 Å². The Bertz CT molecular complexity index is 1380. The molecule has 45 heavy (non-hydrogen) atoms. The van der Waals surface area contributed by atoms with Gasteiger partial charge in [0.1, 0.15) is 5.75 Å². The molecule has 2 atom stereocenters. The maximum absolute atomic E-state index is 13.7. The van der Waals surface area contributed by atoms with Gasteiger partial charge in [0.05, 0.1) is 17.0 Å². The molecule has 0 aliphatic rings. The molecule has 0 aromatic heterocycles. The number of amides is 3. The van der Waals surface area contributed by atoms with Crippen LogP contribution in [0.4, 0.5) is 0 Å². The monoisotopic (exact) mass is 647 g/mol. The number of hydrogen-bond acceptors (Lipinski definition) is 8. The molecule has 250 valence electrons. The number of aliphatic hydroxyl groups excluding tert-OH is 1. The highest BCUT2D eigenvalue weighted by atomic mass is 32.2. The average molecular weight is 648 g/mol. The van der Waals surface area contributed by atoms with Crippen molar-refractivity contribution < 1.29 is 33.0 Å². The van der Waals surface area contributed by atoms with E-state index in [4.69, 9.17) is 5.14 Å². The van der Waals surface area contributed by atoms with E-state index >= 15 is 0 Å². The first kappa shape index (κ1) is 37.7. The van der Waals surface area contributed by atoms with Crippen LogP contribution in [-0.2, 0) is 21.2 Å². The third-order valence-corrected chi connectivity index (χ3v) is 7.86. The Kier molecular flexibility index (Phi) is 14.9. The van der Waals surface area contributed by atoms with Crippen molar-refractivity contribution in [1.82, 2.24) is 20.7 Å². The lowest BCUT2D eigenvalue weighted by Gasteiger charge is -2.30. The number of phenolic OH excluding ortho intramolecular Hbond substituents is 1. The minimum Gasteiger partial charge on any atom is -0.508 e. The minimum absolute atomic E-state index is 0.00574. The summed E-state index contributed by atoms with van der Waals surface area (Å²) in [4.78, 5) is 40.8. The maximum Gasteiger partial charge on any atom is 0.253 e. The summed E-state index contributed by atoms with van der Waals surface area (Å²) >= 11 is 0. The van der Waals surface area contributed by atoms with Gasteiger partial charge in [-0.15, -0.1) is 0 Å². The molecule has 0 heterocycles. The molecule has 13 heteroatoms. The lowest BCUT2D eigenvalue weighted by Crippen LogP contribution is -2.53. The standard InChI is InChI=1S/C32H49N5O7S/c1-6-13-36(14-7-2)32(42)25-18-24(19-27(20-25)45(33,43)44)31(41)34-28(17-23-9-11-26(38)12-10-23)29(39)21-37(15-8-3)35-30(40)16-22(4)5/h9-12,18-20,22,28-29,38-39H,6-8,13-17,21H2,1-5H3,(H,34,41)(H,35,40)(H2,33,43,44). The molecule has 2 aromatic carbocycles. The molecule has 2 unspecified atom stereocenters. The lowest BCUT2D eigenvalue weighted by atomic mass is 9.99. The summed E-state index contributed by atoms with van der Waals surface area (Å²) in [5.41, 5.74) is 3.42. The fraction of sp³-hybridized carbons (Fsp3) is 0.531. The highest BCUT2D eigenvalue weighted by Gasteiger charge is 2.27. The van der Waals surface area contributed by atoms with Crippen molar-refractivity contribution in [2.24, 2.45) is 11.1 Å². The van der Waals surface area contributed by atoms with Crippen LogP contribution in [0.15, 0.2) is 47.4 Å². The van der Waals surface area contributed by atoms with Gasteiger partial charge in [-0.3, -0.25) is 19.8 Å². The second-order valence-electron chi connectivity index (χ2n) is 11.7. The van der Waals surface area contributed by atoms with Crippen molar-refractivity contribution in [3.63, 3.8) is 0 Å². The van der Waals surface area contributed by atoms with E-state index in [0.29, 0.717) is 50.9 Å². The fourth-order valence-electron chi connectivity index (χ4n) is 4.88. The second-order valence-corrected chi connectivity index (χ2v) is 13.2. The molecule has 0 bridgehead atoms. The van der Waals surface area contributed by atoms with Crippen molar-refractivity contribution in [3.05, 3.63) is 59.2 Å². The second kappa shape index (κ2) is 17.8. The SMILES string of the molecule is CCCN(CC(O)C(Cc1ccc(O)cc1)NC(=O)c1cc(C(=O)N(CCC)CCC)cc(S(N)(=O)=O)c1)NC(=O)CC(C)C. The summed E-state index contributed by atoms with van der Waals surface area (Å²) in [6, 6.07) is 8.97. The quantitative estimate of drug-likeness (QED) is 0.153. The van der Waals surface area contributed by atoms with Gasteiger partial charge in [0, 0.05) is 43.7 Å². The van der Waals surface area contributed by atoms with E-state index in [9.17, 15) is 33.0 Å². The van der Waals surface area contributed by atoms with Gasteiger partial charge >= 0.3 is 0 Å². The molecule has 2 aromatic rings. The number of sulfonamides is 1. The van der Waals surface area contributed by atoms with Gasteiger partial charge < -0.3 is 20.4 Å². The molecule has 0 saturated heterocycles. The highest BCUT2D eigenvalue weighted by molar-refractivity contribution is 7.89. The number of primary sulfonamides is 1. The Morgan fingerprint density at radius 3 is 2.02 bits per heavy atom. The number of carbonyl (C=O) groups is 3. The number of nitrogens with one attached hydrogen (secondary N) is 2. The van der Waals surface area contributed by atoms with Crippen LogP contribution in [0, 0.1) is 5.92 Å².